The van der Waals surface area contributed by atoms with E-state index in [-0.39, 0.29) is 5.75 Å². The summed E-state index contributed by atoms with van der Waals surface area (Å²) in [7, 11) is 0. The van der Waals surface area contributed by atoms with Crippen LogP contribution in [0.4, 0.5) is 13.2 Å². The second kappa shape index (κ2) is 5.01. The van der Waals surface area contributed by atoms with Crippen LogP contribution >= 0.6 is 12.2 Å². The number of hydrogen-bond acceptors (Lipinski definition) is 2. The summed E-state index contributed by atoms with van der Waals surface area (Å²) < 4.78 is 37.3. The number of halogens is 3. The van der Waals surface area contributed by atoms with Crippen molar-refractivity contribution in [2.45, 2.75) is 6.18 Å². The minimum absolute atomic E-state index is 0.00685. The van der Waals surface area contributed by atoms with Gasteiger partial charge in [0.05, 0.1) is 10.4 Å². The average Bonchev–Trinajstić information content (AvgIpc) is 2.38. The molecule has 0 spiro atoms. The summed E-state index contributed by atoms with van der Waals surface area (Å²) in [6.07, 6.45) is -4.37. The van der Waals surface area contributed by atoms with E-state index in [9.17, 15) is 18.3 Å². The molecule has 0 fully saturated rings. The Morgan fingerprint density at radius 3 is 2.05 bits per heavy atom. The zero-order valence-corrected chi connectivity index (χ0v) is 10.4. The molecule has 1 nitrogen and oxygen atoms in total. The van der Waals surface area contributed by atoms with Crippen LogP contribution in [0.3, 0.4) is 0 Å². The molecule has 98 valence electrons. The minimum Gasteiger partial charge on any atom is -0.507 e. The quantitative estimate of drug-likeness (QED) is 0.658. The lowest BCUT2D eigenvalue weighted by molar-refractivity contribution is -0.137. The van der Waals surface area contributed by atoms with Gasteiger partial charge in [0.2, 0.25) is 0 Å². The number of hydrogen-bond donors (Lipinski definition) is 1. The number of thiocarbonyl (C=S) groups is 1. The predicted octanol–water partition coefficient (Wildman–Crippen LogP) is 4.18. The molecule has 0 aromatic heterocycles. The van der Waals surface area contributed by atoms with Crippen LogP contribution in [0.2, 0.25) is 0 Å². The van der Waals surface area contributed by atoms with Crippen molar-refractivity contribution in [1.29, 1.82) is 0 Å². The normalized spacial score (nSPS) is 11.3. The van der Waals surface area contributed by atoms with Crippen molar-refractivity contribution in [3.05, 3.63) is 65.2 Å². The van der Waals surface area contributed by atoms with E-state index in [1.807, 2.05) is 0 Å². The van der Waals surface area contributed by atoms with E-state index < -0.39 is 11.7 Å². The molecular weight excluding hydrogens is 273 g/mol. The van der Waals surface area contributed by atoms with Crippen LogP contribution in [0, 0.1) is 0 Å². The third-order valence-corrected chi connectivity index (χ3v) is 3.08. The summed E-state index contributed by atoms with van der Waals surface area (Å²) in [4.78, 5) is 0.312. The number of para-hydroxylation sites is 1. The molecule has 0 saturated carbocycles. The van der Waals surface area contributed by atoms with E-state index in [0.29, 0.717) is 16.0 Å². The van der Waals surface area contributed by atoms with Gasteiger partial charge < -0.3 is 5.11 Å². The van der Waals surface area contributed by atoms with Gasteiger partial charge in [0.25, 0.3) is 0 Å². The standard InChI is InChI=1S/C14H9F3OS/c15-14(16,17)10-7-5-9(6-8-10)13(19)11-3-1-2-4-12(11)18/h1-8,18H. The second-order valence-corrected chi connectivity index (χ2v) is 4.33. The van der Waals surface area contributed by atoms with Gasteiger partial charge in [0.15, 0.2) is 0 Å². The highest BCUT2D eigenvalue weighted by atomic mass is 32.1. The molecule has 0 radical (unpaired) electrons. The molecule has 0 amide bonds. The third kappa shape index (κ3) is 2.93. The molecule has 0 heterocycles. The van der Waals surface area contributed by atoms with Crippen LogP contribution in [0.5, 0.6) is 5.75 Å². The Morgan fingerprint density at radius 1 is 0.947 bits per heavy atom. The highest BCUT2D eigenvalue weighted by Gasteiger charge is 2.30. The first-order valence-electron chi connectivity index (χ1n) is 5.39. The van der Waals surface area contributed by atoms with Crippen molar-refractivity contribution >= 4 is 17.1 Å². The summed E-state index contributed by atoms with van der Waals surface area (Å²) >= 11 is 5.17. The largest absolute Gasteiger partial charge is 0.507 e. The Morgan fingerprint density at radius 2 is 1.53 bits per heavy atom. The molecule has 1 N–H and O–H groups in total. The van der Waals surface area contributed by atoms with Gasteiger partial charge in [-0.2, -0.15) is 13.2 Å². The van der Waals surface area contributed by atoms with E-state index >= 15 is 0 Å². The lowest BCUT2D eigenvalue weighted by Gasteiger charge is -2.09. The summed E-state index contributed by atoms with van der Waals surface area (Å²) in [6.45, 7) is 0. The Hall–Kier alpha value is -1.88. The highest BCUT2D eigenvalue weighted by Crippen LogP contribution is 2.30. The first kappa shape index (κ1) is 13.5. The smallest absolute Gasteiger partial charge is 0.416 e. The molecule has 2 rings (SSSR count). The van der Waals surface area contributed by atoms with Gasteiger partial charge in [-0.25, -0.2) is 0 Å². The average molecular weight is 282 g/mol. The molecule has 0 aliphatic carbocycles. The lowest BCUT2D eigenvalue weighted by Crippen LogP contribution is -2.06. The van der Waals surface area contributed by atoms with Gasteiger partial charge >= 0.3 is 6.18 Å². The summed E-state index contributed by atoms with van der Waals surface area (Å²) in [5, 5.41) is 9.66. The summed E-state index contributed by atoms with van der Waals surface area (Å²) in [6, 6.07) is 11.0. The van der Waals surface area contributed by atoms with Gasteiger partial charge in [-0.05, 0) is 29.8 Å². The molecule has 0 saturated heterocycles. The van der Waals surface area contributed by atoms with Crippen molar-refractivity contribution in [1.82, 2.24) is 0 Å². The van der Waals surface area contributed by atoms with Gasteiger partial charge in [-0.15, -0.1) is 0 Å². The molecule has 2 aromatic rings. The Bertz CT molecular complexity index is 603. The maximum absolute atomic E-state index is 12.4. The zero-order chi connectivity index (χ0) is 14.0. The molecule has 5 heteroatoms. The third-order valence-electron chi connectivity index (χ3n) is 2.62. The number of aromatic hydroxyl groups is 1. The summed E-state index contributed by atoms with van der Waals surface area (Å²) in [5.41, 5.74) is 0.165. The van der Waals surface area contributed by atoms with Crippen molar-refractivity contribution in [3.8, 4) is 5.75 Å². The van der Waals surface area contributed by atoms with Crippen molar-refractivity contribution in [3.63, 3.8) is 0 Å². The van der Waals surface area contributed by atoms with Gasteiger partial charge in [0.1, 0.15) is 5.75 Å². The topological polar surface area (TPSA) is 20.2 Å². The van der Waals surface area contributed by atoms with E-state index in [1.165, 1.54) is 18.2 Å². The van der Waals surface area contributed by atoms with E-state index in [0.717, 1.165) is 12.1 Å². The summed E-state index contributed by atoms with van der Waals surface area (Å²) in [5.74, 6) is 0.00685. The Labute approximate surface area is 113 Å². The molecular formula is C14H9F3OS. The molecule has 0 atom stereocenters. The molecule has 0 aliphatic rings. The van der Waals surface area contributed by atoms with E-state index in [1.54, 1.807) is 18.2 Å². The van der Waals surface area contributed by atoms with Crippen LogP contribution in [0.25, 0.3) is 0 Å². The van der Waals surface area contributed by atoms with Crippen LogP contribution in [0.15, 0.2) is 48.5 Å². The maximum Gasteiger partial charge on any atom is 0.416 e. The zero-order valence-electron chi connectivity index (χ0n) is 9.61. The Kier molecular flexibility index (Phi) is 3.57. The number of phenolic OH excluding ortho intramolecular Hbond substituents is 1. The van der Waals surface area contributed by atoms with E-state index in [2.05, 4.69) is 0 Å². The molecule has 0 unspecified atom stereocenters. The van der Waals surface area contributed by atoms with Gasteiger partial charge in [-0.1, -0.05) is 36.5 Å². The molecule has 0 bridgehead atoms. The number of phenols is 1. The fraction of sp³-hybridized carbons (Fsp3) is 0.0714. The van der Waals surface area contributed by atoms with Crippen LogP contribution in [-0.2, 0) is 6.18 Å². The molecule has 2 aromatic carbocycles. The van der Waals surface area contributed by atoms with Crippen LogP contribution in [-0.4, -0.2) is 9.97 Å². The van der Waals surface area contributed by atoms with Crippen molar-refractivity contribution < 1.29 is 18.3 Å². The van der Waals surface area contributed by atoms with Gasteiger partial charge in [-0.3, -0.25) is 0 Å². The number of rotatable bonds is 2. The second-order valence-electron chi connectivity index (χ2n) is 3.92. The lowest BCUT2D eigenvalue weighted by atomic mass is 10.0. The minimum atomic E-state index is -4.37. The van der Waals surface area contributed by atoms with Gasteiger partial charge in [0, 0.05) is 5.56 Å². The predicted molar refractivity (Wildman–Crippen MR) is 70.4 cm³/mol. The maximum atomic E-state index is 12.4. The SMILES string of the molecule is Oc1ccccc1C(=S)c1ccc(C(F)(F)F)cc1. The van der Waals surface area contributed by atoms with Crippen molar-refractivity contribution in [2.75, 3.05) is 0 Å². The number of alkyl halides is 3. The number of benzene rings is 2. The highest BCUT2D eigenvalue weighted by molar-refractivity contribution is 7.81. The molecule has 0 aliphatic heterocycles. The molecule has 19 heavy (non-hydrogen) atoms. The van der Waals surface area contributed by atoms with Crippen molar-refractivity contribution in [2.24, 2.45) is 0 Å². The monoisotopic (exact) mass is 282 g/mol. The fourth-order valence-electron chi connectivity index (χ4n) is 1.63. The van der Waals surface area contributed by atoms with Crippen LogP contribution in [0.1, 0.15) is 16.7 Å². The first-order valence-corrected chi connectivity index (χ1v) is 5.80. The first-order chi connectivity index (χ1) is 8.89. The van der Waals surface area contributed by atoms with Crippen LogP contribution < -0.4 is 0 Å². The Balaban J connectivity index is 2.34. The van der Waals surface area contributed by atoms with E-state index in [4.69, 9.17) is 12.2 Å². The fourth-order valence-corrected chi connectivity index (χ4v) is 1.94.